The van der Waals surface area contributed by atoms with E-state index in [1.807, 2.05) is 19.1 Å². The Bertz CT molecular complexity index is 312. The van der Waals surface area contributed by atoms with Gasteiger partial charge in [-0.25, -0.2) is 4.79 Å². The van der Waals surface area contributed by atoms with Gasteiger partial charge >= 0.3 is 12.1 Å². The van der Waals surface area contributed by atoms with Crippen LogP contribution in [0.4, 0.5) is 13.2 Å². The van der Waals surface area contributed by atoms with Gasteiger partial charge in [0, 0.05) is 0 Å². The first-order valence-electron chi connectivity index (χ1n) is 4.37. The predicted octanol–water partition coefficient (Wildman–Crippen LogP) is 1.46. The van der Waals surface area contributed by atoms with E-state index in [0.717, 1.165) is 12.8 Å². The maximum atomic E-state index is 10.7. The first-order chi connectivity index (χ1) is 7.09. The number of hydrogen-bond donors (Lipinski definition) is 2. The monoisotopic (exact) mass is 239 g/mol. The van der Waals surface area contributed by atoms with Crippen molar-refractivity contribution < 1.29 is 27.9 Å². The van der Waals surface area contributed by atoms with E-state index in [1.165, 1.54) is 0 Å². The molecule has 0 aromatic carbocycles. The Morgan fingerprint density at radius 2 is 1.88 bits per heavy atom. The summed E-state index contributed by atoms with van der Waals surface area (Å²) >= 11 is 0. The Morgan fingerprint density at radius 1 is 1.44 bits per heavy atom. The van der Waals surface area contributed by atoms with E-state index in [2.05, 4.69) is 0 Å². The highest BCUT2D eigenvalue weighted by atomic mass is 19.4. The fraction of sp³-hybridized carbons (Fsp3) is 0.556. The van der Waals surface area contributed by atoms with Gasteiger partial charge in [-0.05, 0) is 19.8 Å². The molecule has 1 unspecified atom stereocenters. The van der Waals surface area contributed by atoms with E-state index in [-0.39, 0.29) is 11.3 Å². The molecule has 1 aliphatic rings. The number of carboxylic acids is 1. The second-order valence-corrected chi connectivity index (χ2v) is 3.53. The van der Waals surface area contributed by atoms with Crippen LogP contribution < -0.4 is 5.73 Å². The van der Waals surface area contributed by atoms with Crippen LogP contribution in [-0.4, -0.2) is 23.2 Å². The zero-order chi connectivity index (χ0) is 13.0. The van der Waals surface area contributed by atoms with Gasteiger partial charge in [-0.1, -0.05) is 12.2 Å². The zero-order valence-corrected chi connectivity index (χ0v) is 8.54. The van der Waals surface area contributed by atoms with Gasteiger partial charge in [0.15, 0.2) is 0 Å². The molecule has 1 aliphatic carbocycles. The lowest BCUT2D eigenvalue weighted by Crippen LogP contribution is -2.30. The Labute approximate surface area is 89.9 Å². The lowest BCUT2D eigenvalue weighted by atomic mass is 9.90. The lowest BCUT2D eigenvalue weighted by molar-refractivity contribution is -0.192. The van der Waals surface area contributed by atoms with Gasteiger partial charge in [-0.3, -0.25) is 4.79 Å². The maximum absolute atomic E-state index is 10.7. The molecule has 16 heavy (non-hydrogen) atoms. The molecule has 0 saturated heterocycles. The van der Waals surface area contributed by atoms with Gasteiger partial charge in [0.25, 0.3) is 0 Å². The van der Waals surface area contributed by atoms with Gasteiger partial charge < -0.3 is 10.8 Å². The predicted molar refractivity (Wildman–Crippen MR) is 49.4 cm³/mol. The highest BCUT2D eigenvalue weighted by Gasteiger charge is 2.38. The lowest BCUT2D eigenvalue weighted by Gasteiger charge is -2.15. The number of amides is 1. The van der Waals surface area contributed by atoms with E-state index >= 15 is 0 Å². The van der Waals surface area contributed by atoms with Gasteiger partial charge in [0.2, 0.25) is 5.91 Å². The number of rotatable bonds is 1. The van der Waals surface area contributed by atoms with E-state index in [4.69, 9.17) is 15.6 Å². The molecule has 1 atom stereocenters. The van der Waals surface area contributed by atoms with Crippen molar-refractivity contribution in [3.63, 3.8) is 0 Å². The van der Waals surface area contributed by atoms with Crippen LogP contribution in [-0.2, 0) is 9.59 Å². The number of aliphatic carboxylic acids is 1. The molecule has 0 saturated carbocycles. The average Bonchev–Trinajstić information content (AvgIpc) is 2.52. The number of carbonyl (C=O) groups excluding carboxylic acids is 1. The summed E-state index contributed by atoms with van der Waals surface area (Å²) in [5, 5.41) is 7.12. The molecule has 92 valence electrons. The number of allylic oxidation sites excluding steroid dienone is 1. The number of hydrogen-bond acceptors (Lipinski definition) is 2. The summed E-state index contributed by atoms with van der Waals surface area (Å²) in [7, 11) is 0. The molecule has 7 heteroatoms. The Balaban J connectivity index is 0.000000293. The van der Waals surface area contributed by atoms with Gasteiger partial charge in [0.1, 0.15) is 0 Å². The van der Waals surface area contributed by atoms with Crippen LogP contribution >= 0.6 is 0 Å². The molecule has 4 nitrogen and oxygen atoms in total. The van der Waals surface area contributed by atoms with Gasteiger partial charge in [-0.15, -0.1) is 0 Å². The second-order valence-electron chi connectivity index (χ2n) is 3.53. The molecule has 0 radical (unpaired) electrons. The molecular formula is C9H12F3NO3. The molecular weight excluding hydrogens is 227 g/mol. The Morgan fingerprint density at radius 3 is 2.00 bits per heavy atom. The number of carbonyl (C=O) groups is 2. The Kier molecular flexibility index (Phi) is 4.52. The van der Waals surface area contributed by atoms with Crippen molar-refractivity contribution in [1.82, 2.24) is 0 Å². The molecule has 0 aliphatic heterocycles. The number of halogens is 3. The maximum Gasteiger partial charge on any atom is 0.490 e. The van der Waals surface area contributed by atoms with Crippen LogP contribution in [0.3, 0.4) is 0 Å². The molecule has 3 N–H and O–H groups in total. The first-order valence-corrected chi connectivity index (χ1v) is 4.37. The van der Waals surface area contributed by atoms with Crippen molar-refractivity contribution in [2.45, 2.75) is 25.9 Å². The number of alkyl halides is 3. The van der Waals surface area contributed by atoms with E-state index in [9.17, 15) is 18.0 Å². The van der Waals surface area contributed by atoms with Crippen molar-refractivity contribution in [3.8, 4) is 0 Å². The second kappa shape index (κ2) is 5.00. The minimum atomic E-state index is -5.08. The molecule has 1 amide bonds. The van der Waals surface area contributed by atoms with Crippen LogP contribution in [0.1, 0.15) is 19.8 Å². The largest absolute Gasteiger partial charge is 0.490 e. The normalized spacial score (nSPS) is 23.5. The SMILES string of the molecule is CC1(C(N)=O)C=CCC1.O=C(O)C(F)(F)F. The summed E-state index contributed by atoms with van der Waals surface area (Å²) in [6, 6.07) is 0. The van der Waals surface area contributed by atoms with Crippen LogP contribution in [0, 0.1) is 5.41 Å². The summed E-state index contributed by atoms with van der Waals surface area (Å²) in [5.41, 5.74) is 4.79. The van der Waals surface area contributed by atoms with E-state index < -0.39 is 12.1 Å². The summed E-state index contributed by atoms with van der Waals surface area (Å²) in [5.74, 6) is -2.97. The van der Waals surface area contributed by atoms with E-state index in [0.29, 0.717) is 0 Å². The molecule has 0 aromatic rings. The fourth-order valence-electron chi connectivity index (χ4n) is 1.02. The molecule has 0 bridgehead atoms. The summed E-state index contributed by atoms with van der Waals surface area (Å²) in [4.78, 5) is 19.6. The quantitative estimate of drug-likeness (QED) is 0.680. The van der Waals surface area contributed by atoms with Crippen molar-refractivity contribution in [2.75, 3.05) is 0 Å². The van der Waals surface area contributed by atoms with Crippen molar-refractivity contribution in [2.24, 2.45) is 11.1 Å². The molecule has 0 fully saturated rings. The zero-order valence-electron chi connectivity index (χ0n) is 8.54. The minimum Gasteiger partial charge on any atom is -0.475 e. The first kappa shape index (κ1) is 14.5. The van der Waals surface area contributed by atoms with Crippen molar-refractivity contribution in [1.29, 1.82) is 0 Å². The number of nitrogens with two attached hydrogens (primary N) is 1. The van der Waals surface area contributed by atoms with E-state index in [1.54, 1.807) is 0 Å². The van der Waals surface area contributed by atoms with Crippen molar-refractivity contribution in [3.05, 3.63) is 12.2 Å². The van der Waals surface area contributed by atoms with Gasteiger partial charge in [-0.2, -0.15) is 13.2 Å². The molecule has 1 rings (SSSR count). The third kappa shape index (κ3) is 4.33. The van der Waals surface area contributed by atoms with Crippen LogP contribution in [0.15, 0.2) is 12.2 Å². The summed E-state index contributed by atoms with van der Waals surface area (Å²) < 4.78 is 31.7. The highest BCUT2D eigenvalue weighted by molar-refractivity contribution is 5.82. The fourth-order valence-corrected chi connectivity index (χ4v) is 1.02. The van der Waals surface area contributed by atoms with Gasteiger partial charge in [0.05, 0.1) is 5.41 Å². The van der Waals surface area contributed by atoms with Crippen molar-refractivity contribution >= 4 is 11.9 Å². The third-order valence-corrected chi connectivity index (χ3v) is 2.12. The van der Waals surface area contributed by atoms with Crippen LogP contribution in [0.2, 0.25) is 0 Å². The van der Waals surface area contributed by atoms with Crippen LogP contribution in [0.5, 0.6) is 0 Å². The number of carboxylic acid groups (broad SMARTS) is 1. The average molecular weight is 239 g/mol. The smallest absolute Gasteiger partial charge is 0.475 e. The Hall–Kier alpha value is -1.53. The summed E-state index contributed by atoms with van der Waals surface area (Å²) in [6.45, 7) is 1.87. The molecule has 0 aromatic heterocycles. The summed E-state index contributed by atoms with van der Waals surface area (Å²) in [6.07, 6.45) is 0.682. The highest BCUT2D eigenvalue weighted by Crippen LogP contribution is 2.30. The number of primary amides is 1. The third-order valence-electron chi connectivity index (χ3n) is 2.12. The standard InChI is InChI=1S/C7H11NO.C2HF3O2/c1-7(6(8)9)4-2-3-5-7;3-2(4,5)1(6)7/h2,4H,3,5H2,1H3,(H2,8,9);(H,6,7). The van der Waals surface area contributed by atoms with Crippen LogP contribution in [0.25, 0.3) is 0 Å². The molecule has 0 heterocycles. The molecule has 0 spiro atoms. The minimum absolute atomic E-state index is 0.212. The topological polar surface area (TPSA) is 80.4 Å².